The zero-order valence-corrected chi connectivity index (χ0v) is 10.6. The van der Waals surface area contributed by atoms with Gasteiger partial charge in [-0.2, -0.15) is 0 Å². The number of carboxylic acids is 1. The Balaban J connectivity index is 1.84. The Hall–Kier alpha value is -2.04. The van der Waals surface area contributed by atoms with Crippen LogP contribution >= 0.6 is 0 Å². The molecule has 5 nitrogen and oxygen atoms in total. The normalized spacial score (nSPS) is 16.4. The summed E-state index contributed by atoms with van der Waals surface area (Å²) in [7, 11) is 0. The highest BCUT2D eigenvalue weighted by Gasteiger charge is 2.50. The number of carboxylic acid groups (broad SMARTS) is 1. The van der Waals surface area contributed by atoms with Gasteiger partial charge >= 0.3 is 5.97 Å². The lowest BCUT2D eigenvalue weighted by Gasteiger charge is -2.35. The van der Waals surface area contributed by atoms with Crippen molar-refractivity contribution < 1.29 is 19.8 Å². The van der Waals surface area contributed by atoms with Crippen molar-refractivity contribution in [3.05, 3.63) is 29.8 Å². The summed E-state index contributed by atoms with van der Waals surface area (Å²) >= 11 is 0. The number of aliphatic carboxylic acids is 1. The number of amides is 1. The minimum absolute atomic E-state index is 0.201. The number of phenols is 1. The van der Waals surface area contributed by atoms with Gasteiger partial charge in [-0.15, -0.1) is 0 Å². The lowest BCUT2D eigenvalue weighted by Crippen LogP contribution is -2.51. The summed E-state index contributed by atoms with van der Waals surface area (Å²) in [5, 5.41) is 20.9. The number of phenolic OH excluding ortho intramolecular Hbond substituents is 1. The van der Waals surface area contributed by atoms with E-state index in [4.69, 9.17) is 10.2 Å². The summed E-state index contributed by atoms with van der Waals surface area (Å²) in [4.78, 5) is 23.0. The Morgan fingerprint density at radius 1 is 1.21 bits per heavy atom. The van der Waals surface area contributed by atoms with Crippen LogP contribution in [0.3, 0.4) is 0 Å². The molecule has 0 unspecified atom stereocenters. The Bertz CT molecular complexity index is 477. The molecular weight excluding hydrogens is 246 g/mol. The molecule has 0 aromatic heterocycles. The van der Waals surface area contributed by atoms with Gasteiger partial charge in [-0.1, -0.05) is 18.6 Å². The highest BCUT2D eigenvalue weighted by Crippen LogP contribution is 2.41. The average molecular weight is 263 g/mol. The van der Waals surface area contributed by atoms with Crippen molar-refractivity contribution in [2.45, 2.75) is 25.7 Å². The number of hydrogen-bond acceptors (Lipinski definition) is 3. The van der Waals surface area contributed by atoms with Crippen molar-refractivity contribution in [3.8, 4) is 5.75 Å². The molecule has 5 heteroatoms. The third-order valence-electron chi connectivity index (χ3n) is 3.69. The molecule has 1 amide bonds. The van der Waals surface area contributed by atoms with Crippen LogP contribution in [0.15, 0.2) is 24.3 Å². The molecule has 19 heavy (non-hydrogen) atoms. The molecule has 0 saturated heterocycles. The molecule has 0 aliphatic heterocycles. The number of benzene rings is 1. The first-order chi connectivity index (χ1) is 9.04. The van der Waals surface area contributed by atoms with Gasteiger partial charge in [0.2, 0.25) is 5.91 Å². The van der Waals surface area contributed by atoms with Gasteiger partial charge in [0.15, 0.2) is 0 Å². The predicted octanol–water partition coefficient (Wildman–Crippen LogP) is 1.31. The van der Waals surface area contributed by atoms with Crippen molar-refractivity contribution in [3.63, 3.8) is 0 Å². The minimum Gasteiger partial charge on any atom is -0.508 e. The summed E-state index contributed by atoms with van der Waals surface area (Å²) in [6.45, 7) is 0.401. The number of carbonyl (C=O) groups excluding carboxylic acids is 1. The highest BCUT2D eigenvalue weighted by molar-refractivity contribution is 6.02. The van der Waals surface area contributed by atoms with E-state index in [1.165, 1.54) is 0 Å². The molecule has 2 rings (SSSR count). The number of aromatic hydroxyl groups is 1. The maximum atomic E-state index is 11.9. The van der Waals surface area contributed by atoms with Gasteiger partial charge in [-0.25, -0.2) is 0 Å². The first-order valence-electron chi connectivity index (χ1n) is 6.34. The van der Waals surface area contributed by atoms with Gasteiger partial charge in [0.05, 0.1) is 0 Å². The van der Waals surface area contributed by atoms with Gasteiger partial charge in [-0.3, -0.25) is 9.59 Å². The molecule has 102 valence electrons. The van der Waals surface area contributed by atoms with E-state index in [1.54, 1.807) is 24.3 Å². The van der Waals surface area contributed by atoms with Crippen molar-refractivity contribution in [2.24, 2.45) is 5.41 Å². The third-order valence-corrected chi connectivity index (χ3v) is 3.69. The van der Waals surface area contributed by atoms with Crippen LogP contribution in [0.1, 0.15) is 24.8 Å². The molecule has 3 N–H and O–H groups in total. The van der Waals surface area contributed by atoms with Crippen molar-refractivity contribution >= 4 is 11.9 Å². The summed E-state index contributed by atoms with van der Waals surface area (Å²) < 4.78 is 0. The van der Waals surface area contributed by atoms with E-state index in [9.17, 15) is 9.59 Å². The molecule has 1 aromatic carbocycles. The second kappa shape index (κ2) is 5.30. The fourth-order valence-electron chi connectivity index (χ4n) is 2.22. The van der Waals surface area contributed by atoms with Gasteiger partial charge in [0.1, 0.15) is 11.2 Å². The SMILES string of the molecule is O=C(O)C1(C(=O)NCCc2ccc(O)cc2)CCC1. The molecule has 0 heterocycles. The largest absolute Gasteiger partial charge is 0.508 e. The molecule has 1 aliphatic rings. The average Bonchev–Trinajstić information content (AvgIpc) is 2.29. The second-order valence-electron chi connectivity index (χ2n) is 4.91. The van der Waals surface area contributed by atoms with E-state index >= 15 is 0 Å². The zero-order valence-electron chi connectivity index (χ0n) is 10.6. The molecule has 0 spiro atoms. The smallest absolute Gasteiger partial charge is 0.319 e. The summed E-state index contributed by atoms with van der Waals surface area (Å²) in [6.07, 6.45) is 2.25. The standard InChI is InChI=1S/C14H17NO4/c16-11-4-2-10(3-5-11)6-9-15-12(17)14(13(18)19)7-1-8-14/h2-5,16H,1,6-9H2,(H,15,17)(H,18,19). The van der Waals surface area contributed by atoms with Crippen LogP contribution in [0.2, 0.25) is 0 Å². The molecule has 0 atom stereocenters. The van der Waals surface area contributed by atoms with Gasteiger partial charge in [-0.05, 0) is 37.0 Å². The molecular formula is C14H17NO4. The number of nitrogens with one attached hydrogen (secondary N) is 1. The Morgan fingerprint density at radius 3 is 2.32 bits per heavy atom. The maximum Gasteiger partial charge on any atom is 0.319 e. The summed E-state index contributed by atoms with van der Waals surface area (Å²) in [6, 6.07) is 6.72. The lowest BCUT2D eigenvalue weighted by molar-refractivity contribution is -0.162. The molecule has 1 saturated carbocycles. The van der Waals surface area contributed by atoms with Crippen molar-refractivity contribution in [1.29, 1.82) is 0 Å². The van der Waals surface area contributed by atoms with Crippen LogP contribution in [0.4, 0.5) is 0 Å². The third kappa shape index (κ3) is 2.70. The molecule has 1 aromatic rings. The maximum absolute atomic E-state index is 11.9. The van der Waals surface area contributed by atoms with Crippen molar-refractivity contribution in [2.75, 3.05) is 6.54 Å². The van der Waals surface area contributed by atoms with E-state index in [0.29, 0.717) is 25.8 Å². The van der Waals surface area contributed by atoms with E-state index in [0.717, 1.165) is 12.0 Å². The minimum atomic E-state index is -1.20. The first kappa shape index (κ1) is 13.4. The Morgan fingerprint density at radius 2 is 1.84 bits per heavy atom. The van der Waals surface area contributed by atoms with Crippen LogP contribution in [0.25, 0.3) is 0 Å². The van der Waals surface area contributed by atoms with Gasteiger partial charge in [0.25, 0.3) is 0 Å². The van der Waals surface area contributed by atoms with E-state index in [2.05, 4.69) is 5.32 Å². The van der Waals surface area contributed by atoms with E-state index < -0.39 is 11.4 Å². The Labute approximate surface area is 111 Å². The van der Waals surface area contributed by atoms with Crippen LogP contribution in [0, 0.1) is 5.41 Å². The summed E-state index contributed by atoms with van der Waals surface area (Å²) in [5.41, 5.74) is -0.217. The van der Waals surface area contributed by atoms with Gasteiger partial charge in [0, 0.05) is 6.54 Å². The van der Waals surface area contributed by atoms with E-state index in [-0.39, 0.29) is 11.7 Å². The zero-order chi connectivity index (χ0) is 13.9. The molecule has 0 bridgehead atoms. The number of rotatable bonds is 5. The van der Waals surface area contributed by atoms with Crippen LogP contribution in [-0.2, 0) is 16.0 Å². The van der Waals surface area contributed by atoms with Crippen LogP contribution in [0.5, 0.6) is 5.75 Å². The number of carbonyl (C=O) groups is 2. The Kier molecular flexibility index (Phi) is 3.74. The highest BCUT2D eigenvalue weighted by atomic mass is 16.4. The first-order valence-corrected chi connectivity index (χ1v) is 6.34. The fourth-order valence-corrected chi connectivity index (χ4v) is 2.22. The lowest BCUT2D eigenvalue weighted by atomic mass is 9.68. The van der Waals surface area contributed by atoms with Gasteiger partial charge < -0.3 is 15.5 Å². The molecule has 1 aliphatic carbocycles. The monoisotopic (exact) mass is 263 g/mol. The quantitative estimate of drug-likeness (QED) is 0.699. The number of hydrogen-bond donors (Lipinski definition) is 3. The topological polar surface area (TPSA) is 86.6 Å². The fraction of sp³-hybridized carbons (Fsp3) is 0.429. The second-order valence-corrected chi connectivity index (χ2v) is 4.91. The summed E-state index contributed by atoms with van der Waals surface area (Å²) in [5.74, 6) is -1.21. The van der Waals surface area contributed by atoms with Crippen LogP contribution in [-0.4, -0.2) is 28.6 Å². The molecule has 0 radical (unpaired) electrons. The predicted molar refractivity (Wildman–Crippen MR) is 68.7 cm³/mol. The van der Waals surface area contributed by atoms with Crippen LogP contribution < -0.4 is 5.32 Å². The van der Waals surface area contributed by atoms with Crippen molar-refractivity contribution in [1.82, 2.24) is 5.32 Å². The molecule has 1 fully saturated rings. The van der Waals surface area contributed by atoms with E-state index in [1.807, 2.05) is 0 Å².